The van der Waals surface area contributed by atoms with Crippen molar-refractivity contribution in [3.63, 3.8) is 0 Å². The Hall–Kier alpha value is -3.49. The molecular weight excluding hydrogens is 382 g/mol. The summed E-state index contributed by atoms with van der Waals surface area (Å²) in [6, 6.07) is 7.93. The number of amides is 2. The number of hydrogen-bond donors (Lipinski definition) is 2. The van der Waals surface area contributed by atoms with Gasteiger partial charge in [-0.25, -0.2) is 15.0 Å². The minimum absolute atomic E-state index is 0.0764. The first-order chi connectivity index (χ1) is 14.5. The van der Waals surface area contributed by atoms with E-state index in [0.717, 1.165) is 11.3 Å². The van der Waals surface area contributed by atoms with Crippen molar-refractivity contribution in [2.45, 2.75) is 25.2 Å². The minimum Gasteiger partial charge on any atom is -0.355 e. The number of rotatable bonds is 3. The lowest BCUT2D eigenvalue weighted by Crippen LogP contribution is -2.46. The second-order valence-electron chi connectivity index (χ2n) is 7.79. The van der Waals surface area contributed by atoms with E-state index < -0.39 is 5.41 Å². The molecule has 30 heavy (non-hydrogen) atoms. The second kappa shape index (κ2) is 6.79. The Bertz CT molecular complexity index is 1160. The van der Waals surface area contributed by atoms with Crippen LogP contribution in [0.2, 0.25) is 0 Å². The van der Waals surface area contributed by atoms with E-state index in [2.05, 4.69) is 30.5 Å². The third-order valence-electron chi connectivity index (χ3n) is 6.22. The number of aromatic nitrogens is 4. The van der Waals surface area contributed by atoms with Crippen LogP contribution in [0.15, 0.2) is 30.6 Å². The number of nitrogens with one attached hydrogen (secondary N) is 2. The van der Waals surface area contributed by atoms with Crippen molar-refractivity contribution >= 4 is 34.5 Å². The molecule has 4 heterocycles. The fourth-order valence-electron chi connectivity index (χ4n) is 4.63. The van der Waals surface area contributed by atoms with Gasteiger partial charge in [-0.05, 0) is 31.4 Å². The zero-order valence-electron chi connectivity index (χ0n) is 17.0. The van der Waals surface area contributed by atoms with Crippen molar-refractivity contribution in [3.8, 4) is 0 Å². The van der Waals surface area contributed by atoms with E-state index >= 15 is 0 Å². The maximum absolute atomic E-state index is 12.8. The average molecular weight is 405 g/mol. The number of fused-ring (bicyclic) bond motifs is 3. The molecule has 1 fully saturated rings. The highest BCUT2D eigenvalue weighted by molar-refractivity contribution is 6.06. The normalized spacial score (nSPS) is 17.3. The molecule has 0 aliphatic carbocycles. The lowest BCUT2D eigenvalue weighted by molar-refractivity contribution is -0.121. The molecule has 1 aromatic carbocycles. The lowest BCUT2D eigenvalue weighted by atomic mass is 9.73. The molecule has 3 aromatic rings. The van der Waals surface area contributed by atoms with Gasteiger partial charge in [-0.1, -0.05) is 18.2 Å². The first kappa shape index (κ1) is 18.5. The Morgan fingerprint density at radius 1 is 1.23 bits per heavy atom. The highest BCUT2D eigenvalue weighted by atomic mass is 16.2. The molecule has 2 N–H and O–H groups in total. The Labute approximate surface area is 173 Å². The number of nitrogens with zero attached hydrogens (tertiary/aromatic N) is 5. The number of imidazole rings is 1. The van der Waals surface area contributed by atoms with Crippen LogP contribution in [0, 0.1) is 0 Å². The number of para-hydroxylation sites is 1. The SMILES string of the molecule is CCNC(=O)c1nc2c(N3CCC4(CC3)C(=O)Nc3ccccc34)ncnc2n1C. The predicted octanol–water partition coefficient (Wildman–Crippen LogP) is 1.60. The van der Waals surface area contributed by atoms with Crippen LogP contribution < -0.4 is 15.5 Å². The summed E-state index contributed by atoms with van der Waals surface area (Å²) >= 11 is 0. The Balaban J connectivity index is 1.47. The van der Waals surface area contributed by atoms with Gasteiger partial charge in [0, 0.05) is 32.4 Å². The van der Waals surface area contributed by atoms with Crippen LogP contribution in [0.25, 0.3) is 11.2 Å². The third kappa shape index (κ3) is 2.58. The topological polar surface area (TPSA) is 105 Å². The molecule has 154 valence electrons. The van der Waals surface area contributed by atoms with Crippen LogP contribution in [-0.2, 0) is 17.3 Å². The number of anilines is 2. The zero-order valence-corrected chi connectivity index (χ0v) is 17.0. The molecular formula is C21H23N7O2. The molecule has 2 aliphatic rings. The van der Waals surface area contributed by atoms with Gasteiger partial charge in [0.2, 0.25) is 11.7 Å². The van der Waals surface area contributed by atoms with Crippen molar-refractivity contribution in [1.29, 1.82) is 0 Å². The summed E-state index contributed by atoms with van der Waals surface area (Å²) in [5.41, 5.74) is 2.73. The van der Waals surface area contributed by atoms with Crippen molar-refractivity contribution in [1.82, 2.24) is 24.8 Å². The highest BCUT2D eigenvalue weighted by Gasteiger charge is 2.48. The van der Waals surface area contributed by atoms with Crippen LogP contribution in [-0.4, -0.2) is 51.0 Å². The van der Waals surface area contributed by atoms with Crippen LogP contribution in [0.5, 0.6) is 0 Å². The number of piperidine rings is 1. The number of carbonyl (C=O) groups is 2. The van der Waals surface area contributed by atoms with E-state index in [9.17, 15) is 9.59 Å². The van der Waals surface area contributed by atoms with E-state index in [1.165, 1.54) is 6.33 Å². The van der Waals surface area contributed by atoms with Crippen LogP contribution in [0.4, 0.5) is 11.5 Å². The van der Waals surface area contributed by atoms with Gasteiger partial charge in [-0.15, -0.1) is 0 Å². The van der Waals surface area contributed by atoms with E-state index in [1.807, 2.05) is 31.2 Å². The molecule has 2 amide bonds. The molecule has 5 rings (SSSR count). The zero-order chi connectivity index (χ0) is 20.9. The quantitative estimate of drug-likeness (QED) is 0.686. The maximum atomic E-state index is 12.8. The largest absolute Gasteiger partial charge is 0.355 e. The van der Waals surface area contributed by atoms with Crippen molar-refractivity contribution in [3.05, 3.63) is 42.0 Å². The van der Waals surface area contributed by atoms with Gasteiger partial charge in [0.05, 0.1) is 5.41 Å². The maximum Gasteiger partial charge on any atom is 0.287 e. The van der Waals surface area contributed by atoms with Gasteiger partial charge in [0.25, 0.3) is 5.91 Å². The van der Waals surface area contributed by atoms with Crippen molar-refractivity contribution < 1.29 is 9.59 Å². The standard InChI is InChI=1S/C21H23N7O2/c1-3-22-19(29)18-26-15-16(27(18)2)23-12-24-17(15)28-10-8-21(9-11-28)13-6-4-5-7-14(13)25-20(21)30/h4-7,12H,3,8-11H2,1-2H3,(H,22,29)(H,25,30). The number of carbonyl (C=O) groups excluding carboxylic acids is 2. The monoisotopic (exact) mass is 405 g/mol. The van der Waals surface area contributed by atoms with Gasteiger partial charge in [0.15, 0.2) is 17.0 Å². The summed E-state index contributed by atoms with van der Waals surface area (Å²) in [5, 5.41) is 5.82. The van der Waals surface area contributed by atoms with Gasteiger partial charge in [0.1, 0.15) is 6.33 Å². The molecule has 9 nitrogen and oxygen atoms in total. The smallest absolute Gasteiger partial charge is 0.287 e. The van der Waals surface area contributed by atoms with Gasteiger partial charge >= 0.3 is 0 Å². The molecule has 0 unspecified atom stereocenters. The summed E-state index contributed by atoms with van der Waals surface area (Å²) < 4.78 is 1.69. The molecule has 9 heteroatoms. The average Bonchev–Trinajstić information content (AvgIpc) is 3.24. The number of hydrogen-bond acceptors (Lipinski definition) is 6. The Morgan fingerprint density at radius 2 is 2.00 bits per heavy atom. The highest BCUT2D eigenvalue weighted by Crippen LogP contribution is 2.45. The first-order valence-corrected chi connectivity index (χ1v) is 10.2. The molecule has 1 spiro atoms. The van der Waals surface area contributed by atoms with E-state index in [0.29, 0.717) is 55.3 Å². The Kier molecular flexibility index (Phi) is 4.19. The van der Waals surface area contributed by atoms with Crippen LogP contribution in [0.1, 0.15) is 35.9 Å². The number of benzene rings is 1. The molecule has 0 atom stereocenters. The summed E-state index contributed by atoms with van der Waals surface area (Å²) in [6.45, 7) is 3.73. The lowest BCUT2D eigenvalue weighted by Gasteiger charge is -2.38. The third-order valence-corrected chi connectivity index (χ3v) is 6.22. The molecule has 0 radical (unpaired) electrons. The predicted molar refractivity (Wildman–Crippen MR) is 113 cm³/mol. The first-order valence-electron chi connectivity index (χ1n) is 10.2. The van der Waals surface area contributed by atoms with Gasteiger partial charge in [-0.2, -0.15) is 0 Å². The molecule has 0 saturated carbocycles. The van der Waals surface area contributed by atoms with Crippen molar-refractivity contribution in [2.75, 3.05) is 29.9 Å². The fourth-order valence-corrected chi connectivity index (χ4v) is 4.63. The Morgan fingerprint density at radius 3 is 2.77 bits per heavy atom. The molecule has 2 aromatic heterocycles. The molecule has 1 saturated heterocycles. The van der Waals surface area contributed by atoms with E-state index in [4.69, 9.17) is 0 Å². The number of aryl methyl sites for hydroxylation is 1. The summed E-state index contributed by atoms with van der Waals surface area (Å²) in [4.78, 5) is 40.7. The molecule has 2 aliphatic heterocycles. The van der Waals surface area contributed by atoms with Gasteiger partial charge < -0.3 is 20.1 Å². The van der Waals surface area contributed by atoms with Crippen LogP contribution in [0.3, 0.4) is 0 Å². The van der Waals surface area contributed by atoms with E-state index in [-0.39, 0.29) is 11.8 Å². The van der Waals surface area contributed by atoms with Crippen LogP contribution >= 0.6 is 0 Å². The van der Waals surface area contributed by atoms with Gasteiger partial charge in [-0.3, -0.25) is 9.59 Å². The van der Waals surface area contributed by atoms with E-state index in [1.54, 1.807) is 11.6 Å². The summed E-state index contributed by atoms with van der Waals surface area (Å²) in [5.74, 6) is 0.854. The fraction of sp³-hybridized carbons (Fsp3) is 0.381. The minimum atomic E-state index is -0.491. The van der Waals surface area contributed by atoms with Crippen molar-refractivity contribution in [2.24, 2.45) is 7.05 Å². The molecule has 0 bridgehead atoms. The summed E-state index contributed by atoms with van der Waals surface area (Å²) in [7, 11) is 1.78. The summed E-state index contributed by atoms with van der Waals surface area (Å²) in [6.07, 6.45) is 2.89. The second-order valence-corrected chi connectivity index (χ2v) is 7.79.